The van der Waals surface area contributed by atoms with Gasteiger partial charge < -0.3 is 10.2 Å². The minimum Gasteiger partial charge on any atom is -0.496 e. The van der Waals surface area contributed by atoms with Crippen LogP contribution in [0, 0.1) is 6.92 Å². The van der Waals surface area contributed by atoms with E-state index in [9.17, 15) is 0 Å². The Kier molecular flexibility index (Phi) is 3.28. The van der Waals surface area contributed by atoms with Crippen LogP contribution >= 0.6 is 0 Å². The van der Waals surface area contributed by atoms with Crippen LogP contribution < -0.4 is 16.0 Å². The number of hydrazine groups is 1. The number of nitrogens with two attached hydrogens (primary N) is 1. The molecule has 0 aliphatic heterocycles. The van der Waals surface area contributed by atoms with Crippen molar-refractivity contribution in [1.29, 1.82) is 0 Å². The maximum Gasteiger partial charge on any atom is 0.165 e. The van der Waals surface area contributed by atoms with Crippen molar-refractivity contribution >= 4 is 5.82 Å². The maximum atomic E-state index is 5.51. The number of hydrogen-bond acceptors (Lipinski definition) is 5. The predicted octanol–water partition coefficient (Wildman–Crippen LogP) is 2.62. The number of benzene rings is 1. The molecule has 0 bridgehead atoms. The third-order valence-electron chi connectivity index (χ3n) is 3.49. The molecular formula is C15H18N4O. The summed E-state index contributed by atoms with van der Waals surface area (Å²) in [5, 5.41) is 0. The molecule has 0 amide bonds. The second kappa shape index (κ2) is 5.09. The van der Waals surface area contributed by atoms with Crippen molar-refractivity contribution in [2.75, 3.05) is 12.5 Å². The molecule has 1 aromatic carbocycles. The highest BCUT2D eigenvalue weighted by Crippen LogP contribution is 2.40. The fourth-order valence-electron chi connectivity index (χ4n) is 2.23. The second-order valence-electron chi connectivity index (χ2n) is 5.12. The Balaban J connectivity index is 2.11. The lowest BCUT2D eigenvalue weighted by Crippen LogP contribution is -2.10. The second-order valence-corrected chi connectivity index (χ2v) is 5.12. The fraction of sp³-hybridized carbons (Fsp3) is 0.333. The maximum absolute atomic E-state index is 5.51. The summed E-state index contributed by atoms with van der Waals surface area (Å²) in [7, 11) is 1.66. The lowest BCUT2D eigenvalue weighted by atomic mass is 10.1. The zero-order valence-electron chi connectivity index (χ0n) is 11.7. The van der Waals surface area contributed by atoms with Crippen molar-refractivity contribution < 1.29 is 4.74 Å². The zero-order chi connectivity index (χ0) is 14.1. The number of nitrogen functional groups attached to an aromatic ring is 1. The van der Waals surface area contributed by atoms with Crippen LogP contribution in [-0.2, 0) is 0 Å². The van der Waals surface area contributed by atoms with E-state index in [1.165, 1.54) is 12.8 Å². The van der Waals surface area contributed by atoms with Crippen LogP contribution in [-0.4, -0.2) is 17.1 Å². The Morgan fingerprint density at radius 1 is 1.25 bits per heavy atom. The minimum absolute atomic E-state index is 0.542. The first kappa shape index (κ1) is 12.9. The van der Waals surface area contributed by atoms with Crippen LogP contribution in [0.15, 0.2) is 24.3 Å². The fourth-order valence-corrected chi connectivity index (χ4v) is 2.23. The van der Waals surface area contributed by atoms with E-state index in [1.807, 2.05) is 31.2 Å². The topological polar surface area (TPSA) is 73.1 Å². The van der Waals surface area contributed by atoms with E-state index < -0.39 is 0 Å². The molecule has 1 heterocycles. The summed E-state index contributed by atoms with van der Waals surface area (Å²) in [6.45, 7) is 2.03. The van der Waals surface area contributed by atoms with E-state index in [0.717, 1.165) is 22.6 Å². The van der Waals surface area contributed by atoms with Gasteiger partial charge in [-0.05, 0) is 37.5 Å². The van der Waals surface area contributed by atoms with Gasteiger partial charge in [0.25, 0.3) is 0 Å². The molecule has 104 valence electrons. The monoisotopic (exact) mass is 270 g/mol. The molecule has 2 aromatic rings. The Hall–Kier alpha value is -2.14. The predicted molar refractivity (Wildman–Crippen MR) is 78.5 cm³/mol. The van der Waals surface area contributed by atoms with Gasteiger partial charge in [0.1, 0.15) is 11.6 Å². The number of aryl methyl sites for hydroxylation is 1. The molecule has 1 aliphatic rings. The molecule has 0 spiro atoms. The molecule has 5 nitrogen and oxygen atoms in total. The van der Waals surface area contributed by atoms with E-state index in [2.05, 4.69) is 15.4 Å². The molecule has 3 N–H and O–H groups in total. The van der Waals surface area contributed by atoms with Gasteiger partial charge in [-0.1, -0.05) is 6.07 Å². The summed E-state index contributed by atoms with van der Waals surface area (Å²) in [5.41, 5.74) is 5.69. The first-order chi connectivity index (χ1) is 9.71. The quantitative estimate of drug-likeness (QED) is 0.660. The van der Waals surface area contributed by atoms with Gasteiger partial charge in [0.15, 0.2) is 5.82 Å². The van der Waals surface area contributed by atoms with Gasteiger partial charge in [-0.25, -0.2) is 15.8 Å². The van der Waals surface area contributed by atoms with Crippen molar-refractivity contribution in [3.8, 4) is 17.1 Å². The van der Waals surface area contributed by atoms with Crippen LogP contribution in [0.1, 0.15) is 30.0 Å². The SMILES string of the molecule is COc1cc(C)ccc1-c1nc(NN)cc(C2CC2)n1. The van der Waals surface area contributed by atoms with Crippen LogP contribution in [0.5, 0.6) is 5.75 Å². The van der Waals surface area contributed by atoms with Crippen molar-refractivity contribution in [1.82, 2.24) is 9.97 Å². The third kappa shape index (κ3) is 2.44. The number of anilines is 1. The first-order valence-corrected chi connectivity index (χ1v) is 6.72. The lowest BCUT2D eigenvalue weighted by Gasteiger charge is -2.11. The smallest absolute Gasteiger partial charge is 0.165 e. The Morgan fingerprint density at radius 2 is 2.05 bits per heavy atom. The molecule has 0 radical (unpaired) electrons. The van der Waals surface area contributed by atoms with E-state index in [1.54, 1.807) is 7.11 Å². The summed E-state index contributed by atoms with van der Waals surface area (Å²) < 4.78 is 5.44. The van der Waals surface area contributed by atoms with Crippen LogP contribution in [0.4, 0.5) is 5.82 Å². The highest BCUT2D eigenvalue weighted by Gasteiger charge is 2.26. The van der Waals surface area contributed by atoms with Crippen LogP contribution in [0.25, 0.3) is 11.4 Å². The number of rotatable bonds is 4. The summed E-state index contributed by atoms with van der Waals surface area (Å²) >= 11 is 0. The molecule has 0 saturated heterocycles. The molecule has 0 atom stereocenters. The number of methoxy groups -OCH3 is 1. The van der Waals surface area contributed by atoms with Crippen molar-refractivity contribution in [2.45, 2.75) is 25.7 Å². The van der Waals surface area contributed by atoms with Crippen LogP contribution in [0.2, 0.25) is 0 Å². The summed E-state index contributed by atoms with van der Waals surface area (Å²) in [6, 6.07) is 7.92. The van der Waals surface area contributed by atoms with Gasteiger partial charge in [-0.15, -0.1) is 0 Å². The minimum atomic E-state index is 0.542. The van der Waals surface area contributed by atoms with Crippen LogP contribution in [0.3, 0.4) is 0 Å². The number of ether oxygens (including phenoxy) is 1. The largest absolute Gasteiger partial charge is 0.496 e. The van der Waals surface area contributed by atoms with Gasteiger partial charge in [0, 0.05) is 17.7 Å². The highest BCUT2D eigenvalue weighted by atomic mass is 16.5. The van der Waals surface area contributed by atoms with Gasteiger partial charge in [-0.3, -0.25) is 0 Å². The Morgan fingerprint density at radius 3 is 2.70 bits per heavy atom. The number of nitrogens with one attached hydrogen (secondary N) is 1. The van der Waals surface area contributed by atoms with Gasteiger partial charge in [-0.2, -0.15) is 0 Å². The van der Waals surface area contributed by atoms with Crippen molar-refractivity contribution in [3.63, 3.8) is 0 Å². The average molecular weight is 270 g/mol. The van der Waals surface area contributed by atoms with E-state index in [0.29, 0.717) is 17.6 Å². The number of aromatic nitrogens is 2. The van der Waals surface area contributed by atoms with E-state index in [-0.39, 0.29) is 0 Å². The average Bonchev–Trinajstić information content (AvgIpc) is 3.31. The zero-order valence-corrected chi connectivity index (χ0v) is 11.7. The van der Waals surface area contributed by atoms with Gasteiger partial charge in [0.2, 0.25) is 0 Å². The summed E-state index contributed by atoms with van der Waals surface area (Å²) in [5.74, 6) is 8.12. The Bertz CT molecular complexity index is 638. The summed E-state index contributed by atoms with van der Waals surface area (Å²) in [6.07, 6.45) is 2.37. The van der Waals surface area contributed by atoms with Gasteiger partial charge >= 0.3 is 0 Å². The van der Waals surface area contributed by atoms with Crippen molar-refractivity contribution in [3.05, 3.63) is 35.5 Å². The molecule has 0 unspecified atom stereocenters. The van der Waals surface area contributed by atoms with Crippen molar-refractivity contribution in [2.24, 2.45) is 5.84 Å². The number of nitrogens with zero attached hydrogens (tertiary/aromatic N) is 2. The van der Waals surface area contributed by atoms with Gasteiger partial charge in [0.05, 0.1) is 12.7 Å². The third-order valence-corrected chi connectivity index (χ3v) is 3.49. The molecule has 5 heteroatoms. The summed E-state index contributed by atoms with van der Waals surface area (Å²) in [4.78, 5) is 9.11. The Labute approximate surface area is 118 Å². The van der Waals surface area contributed by atoms with E-state index in [4.69, 9.17) is 10.6 Å². The first-order valence-electron chi connectivity index (χ1n) is 6.72. The number of hydrogen-bond donors (Lipinski definition) is 2. The molecule has 1 aliphatic carbocycles. The van der Waals surface area contributed by atoms with E-state index >= 15 is 0 Å². The molecule has 3 rings (SSSR count). The molecule has 20 heavy (non-hydrogen) atoms. The molecular weight excluding hydrogens is 252 g/mol. The molecule has 1 aromatic heterocycles. The normalized spacial score (nSPS) is 14.2. The molecule has 1 saturated carbocycles. The standard InChI is InChI=1S/C15H18N4O/c1-9-3-6-11(13(7-9)20-2)15-17-12(10-4-5-10)8-14(18-15)19-16/h3,6-8,10H,4-5,16H2,1-2H3,(H,17,18,19). The highest BCUT2D eigenvalue weighted by molar-refractivity contribution is 5.66. The molecule has 1 fully saturated rings. The lowest BCUT2D eigenvalue weighted by molar-refractivity contribution is 0.416.